The summed E-state index contributed by atoms with van der Waals surface area (Å²) in [6.45, 7) is 0. The van der Waals surface area contributed by atoms with Gasteiger partial charge in [0.25, 0.3) is 0 Å². The highest BCUT2D eigenvalue weighted by atomic mass is 16.5. The normalized spacial score (nSPS) is 38.1. The van der Waals surface area contributed by atoms with Gasteiger partial charge in [0.2, 0.25) is 5.91 Å². The van der Waals surface area contributed by atoms with Crippen LogP contribution in [0.4, 0.5) is 5.69 Å². The van der Waals surface area contributed by atoms with Gasteiger partial charge in [0, 0.05) is 29.0 Å². The lowest BCUT2D eigenvalue weighted by molar-refractivity contribution is -0.142. The van der Waals surface area contributed by atoms with Crippen LogP contribution in [0.15, 0.2) is 54.6 Å². The van der Waals surface area contributed by atoms with Gasteiger partial charge in [0.15, 0.2) is 11.5 Å². The van der Waals surface area contributed by atoms with Crippen LogP contribution in [0.25, 0.3) is 0 Å². The first-order valence-corrected chi connectivity index (χ1v) is 9.42. The summed E-state index contributed by atoms with van der Waals surface area (Å²) in [7, 11) is 1.63. The summed E-state index contributed by atoms with van der Waals surface area (Å²) in [6.07, 6.45) is 0.392. The smallest absolute Gasteiger partial charge is 0.233 e. The Labute approximate surface area is 156 Å². The van der Waals surface area contributed by atoms with Crippen molar-refractivity contribution in [2.75, 3.05) is 12.0 Å². The van der Waals surface area contributed by atoms with Crippen molar-refractivity contribution in [2.24, 2.45) is 23.7 Å². The van der Waals surface area contributed by atoms with E-state index in [0.717, 1.165) is 23.4 Å². The molecule has 4 fully saturated rings. The maximum atomic E-state index is 13.5. The van der Waals surface area contributed by atoms with E-state index >= 15 is 0 Å². The molecule has 6 unspecified atom stereocenters. The number of ketones is 1. The van der Waals surface area contributed by atoms with Crippen LogP contribution in [0.5, 0.6) is 5.75 Å². The molecule has 0 N–H and O–H groups in total. The van der Waals surface area contributed by atoms with Crippen LogP contribution in [0.2, 0.25) is 0 Å². The third-order valence-electron chi connectivity index (χ3n) is 6.96. The monoisotopic (exact) mass is 361 g/mol. The molecule has 6 atom stereocenters. The van der Waals surface area contributed by atoms with Crippen molar-refractivity contribution in [1.82, 2.24) is 0 Å². The summed E-state index contributed by atoms with van der Waals surface area (Å²) in [4.78, 5) is 28.1. The fraction of sp³-hybridized carbons (Fsp3) is 0.364. The minimum Gasteiger partial charge on any atom is -0.497 e. The Kier molecular flexibility index (Phi) is 2.84. The molecule has 2 aromatic carbocycles. The molecule has 2 saturated carbocycles. The zero-order chi connectivity index (χ0) is 18.3. The molecule has 2 aliphatic carbocycles. The second-order valence-electron chi connectivity index (χ2n) is 7.93. The summed E-state index contributed by atoms with van der Waals surface area (Å²) in [5, 5.41) is 0. The van der Waals surface area contributed by atoms with E-state index in [1.165, 1.54) is 0 Å². The molecule has 0 aromatic heterocycles. The van der Waals surface area contributed by atoms with Gasteiger partial charge in [0.05, 0.1) is 13.0 Å². The lowest BCUT2D eigenvalue weighted by Crippen LogP contribution is -2.48. The predicted molar refractivity (Wildman–Crippen MR) is 97.1 cm³/mol. The first-order valence-electron chi connectivity index (χ1n) is 9.42. The van der Waals surface area contributed by atoms with E-state index in [4.69, 9.17) is 9.47 Å². The van der Waals surface area contributed by atoms with Gasteiger partial charge < -0.3 is 9.47 Å². The number of hydrogen-bond acceptors (Lipinski definition) is 4. The third kappa shape index (κ3) is 1.65. The Bertz CT molecular complexity index is 956. The molecule has 4 aliphatic rings. The van der Waals surface area contributed by atoms with E-state index in [0.29, 0.717) is 0 Å². The van der Waals surface area contributed by atoms with Crippen molar-refractivity contribution in [3.8, 4) is 5.75 Å². The second kappa shape index (κ2) is 4.98. The number of fused-ring (bicyclic) bond motifs is 2. The highest BCUT2D eigenvalue weighted by Gasteiger charge is 2.79. The molecule has 2 bridgehead atoms. The molecule has 136 valence electrons. The van der Waals surface area contributed by atoms with Crippen LogP contribution in [-0.4, -0.2) is 24.9 Å². The number of carbonyl (C=O) groups excluding carboxylic acids is 2. The highest BCUT2D eigenvalue weighted by Crippen LogP contribution is 2.69. The number of Topliss-reactive ketones (excluding diaryl/α,β-unsaturated/α-hetero) is 1. The van der Waals surface area contributed by atoms with Crippen LogP contribution >= 0.6 is 0 Å². The Morgan fingerprint density at radius 2 is 1.81 bits per heavy atom. The number of nitrogens with zero attached hydrogens (tertiary/aromatic N) is 1. The zero-order valence-electron chi connectivity index (χ0n) is 14.9. The molecule has 0 radical (unpaired) electrons. The highest BCUT2D eigenvalue weighted by molar-refractivity contribution is 6.06. The Morgan fingerprint density at radius 1 is 1.07 bits per heavy atom. The van der Waals surface area contributed by atoms with Crippen LogP contribution in [0.1, 0.15) is 12.0 Å². The number of rotatable bonds is 3. The number of benzene rings is 2. The van der Waals surface area contributed by atoms with Crippen LogP contribution in [0, 0.1) is 23.7 Å². The van der Waals surface area contributed by atoms with Crippen molar-refractivity contribution >= 4 is 17.4 Å². The Balaban J connectivity index is 1.59. The maximum Gasteiger partial charge on any atom is 0.233 e. The first-order chi connectivity index (χ1) is 13.2. The summed E-state index contributed by atoms with van der Waals surface area (Å²) in [6, 6.07) is 17.4. The van der Waals surface area contributed by atoms with Crippen molar-refractivity contribution in [1.29, 1.82) is 0 Å². The van der Waals surface area contributed by atoms with Crippen LogP contribution < -0.4 is 9.64 Å². The van der Waals surface area contributed by atoms with E-state index in [2.05, 4.69) is 0 Å². The Hall–Kier alpha value is -2.66. The van der Waals surface area contributed by atoms with Crippen molar-refractivity contribution in [2.45, 2.75) is 18.2 Å². The van der Waals surface area contributed by atoms with Gasteiger partial charge in [0.1, 0.15) is 11.9 Å². The molecular weight excluding hydrogens is 342 g/mol. The van der Waals surface area contributed by atoms with Crippen LogP contribution in [0.3, 0.4) is 0 Å². The molecule has 6 rings (SSSR count). The quantitative estimate of drug-likeness (QED) is 0.844. The van der Waals surface area contributed by atoms with E-state index in [1.807, 2.05) is 59.5 Å². The van der Waals surface area contributed by atoms with Crippen molar-refractivity contribution < 1.29 is 19.1 Å². The molecule has 5 heteroatoms. The minimum absolute atomic E-state index is 0.0148. The molecule has 2 aliphatic heterocycles. The average Bonchev–Trinajstić information content (AvgIpc) is 3.38. The summed E-state index contributed by atoms with van der Waals surface area (Å²) in [5.41, 5.74) is 0.821. The SMILES string of the molecule is COc1ccc(C23OC4C(=O)C5CC4C2C5C(=O)N3c2ccccc2)cc1. The summed E-state index contributed by atoms with van der Waals surface area (Å²) < 4.78 is 11.8. The first kappa shape index (κ1) is 15.4. The Morgan fingerprint density at radius 3 is 2.52 bits per heavy atom. The second-order valence-corrected chi connectivity index (χ2v) is 7.93. The standard InChI is InChI=1S/C22H19NO4/c1-26-14-9-7-12(8-10-14)22-18-16-11-15(19(24)20(16)27-22)17(18)21(25)23(22)13-5-3-2-4-6-13/h2-10,15-18,20H,11H2,1H3. The fourth-order valence-corrected chi connectivity index (χ4v) is 6.04. The summed E-state index contributed by atoms with van der Waals surface area (Å²) in [5.74, 6) is 0.579. The molecule has 2 heterocycles. The minimum atomic E-state index is -0.911. The number of carbonyl (C=O) groups is 2. The maximum absolute atomic E-state index is 13.5. The lowest BCUT2D eigenvalue weighted by atomic mass is 9.76. The zero-order valence-corrected chi connectivity index (χ0v) is 14.9. The largest absolute Gasteiger partial charge is 0.497 e. The lowest BCUT2D eigenvalue weighted by Gasteiger charge is -2.38. The molecule has 0 spiro atoms. The third-order valence-corrected chi connectivity index (χ3v) is 6.96. The van der Waals surface area contributed by atoms with E-state index in [1.54, 1.807) is 7.11 Å². The van der Waals surface area contributed by atoms with E-state index in [9.17, 15) is 9.59 Å². The number of amides is 1. The predicted octanol–water partition coefficient (Wildman–Crippen LogP) is 2.74. The van der Waals surface area contributed by atoms with Crippen molar-refractivity contribution in [3.05, 3.63) is 60.2 Å². The molecular formula is C22H19NO4. The van der Waals surface area contributed by atoms with Gasteiger partial charge in [-0.2, -0.15) is 0 Å². The number of methoxy groups -OCH3 is 1. The average molecular weight is 361 g/mol. The summed E-state index contributed by atoms with van der Waals surface area (Å²) >= 11 is 0. The molecule has 5 nitrogen and oxygen atoms in total. The van der Waals surface area contributed by atoms with Gasteiger partial charge in [-0.3, -0.25) is 14.5 Å². The molecule has 2 saturated heterocycles. The van der Waals surface area contributed by atoms with E-state index in [-0.39, 0.29) is 35.4 Å². The number of anilines is 1. The number of ether oxygens (including phenoxy) is 2. The van der Waals surface area contributed by atoms with Gasteiger partial charge in [-0.15, -0.1) is 0 Å². The van der Waals surface area contributed by atoms with Crippen LogP contribution in [-0.2, 0) is 20.1 Å². The molecule has 2 aromatic rings. The van der Waals surface area contributed by atoms with Gasteiger partial charge >= 0.3 is 0 Å². The fourth-order valence-electron chi connectivity index (χ4n) is 6.04. The van der Waals surface area contributed by atoms with Gasteiger partial charge in [-0.1, -0.05) is 30.3 Å². The van der Waals surface area contributed by atoms with E-state index < -0.39 is 11.8 Å². The van der Waals surface area contributed by atoms with Gasteiger partial charge in [-0.25, -0.2) is 0 Å². The van der Waals surface area contributed by atoms with Gasteiger partial charge in [-0.05, 0) is 30.7 Å². The number of para-hydroxylation sites is 1. The number of hydrogen-bond donors (Lipinski definition) is 0. The molecule has 1 amide bonds. The topological polar surface area (TPSA) is 55.8 Å². The van der Waals surface area contributed by atoms with Crippen molar-refractivity contribution in [3.63, 3.8) is 0 Å². The molecule has 27 heavy (non-hydrogen) atoms.